The monoisotopic (exact) mass is 295 g/mol. The van der Waals surface area contributed by atoms with Crippen molar-refractivity contribution in [3.05, 3.63) is 58.5 Å². The van der Waals surface area contributed by atoms with E-state index in [1.165, 1.54) is 18.3 Å². The number of pyridine rings is 1. The molecule has 0 N–H and O–H groups in total. The second-order valence-electron chi connectivity index (χ2n) is 5.28. The van der Waals surface area contributed by atoms with Crippen LogP contribution in [0.3, 0.4) is 0 Å². The zero-order valence-electron chi connectivity index (χ0n) is 11.8. The van der Waals surface area contributed by atoms with Crippen molar-refractivity contribution in [3.8, 4) is 11.1 Å². The topological polar surface area (TPSA) is 22.0 Å². The summed E-state index contributed by atoms with van der Waals surface area (Å²) in [5, 5.41) is 0. The number of aromatic nitrogens is 1. The summed E-state index contributed by atoms with van der Waals surface area (Å²) in [7, 11) is 0. The Labute approximate surface area is 120 Å². The first-order valence-electron chi connectivity index (χ1n) is 6.64. The third-order valence-electron chi connectivity index (χ3n) is 3.23. The fourth-order valence-corrected chi connectivity index (χ4v) is 2.09. The molecule has 2 aromatic rings. The van der Waals surface area contributed by atoms with E-state index in [1.807, 2.05) is 24.3 Å². The van der Waals surface area contributed by atoms with E-state index >= 15 is 0 Å². The van der Waals surface area contributed by atoms with Gasteiger partial charge in [-0.25, -0.2) is 0 Å². The van der Waals surface area contributed by atoms with E-state index in [-0.39, 0.29) is 0 Å². The second-order valence-corrected chi connectivity index (χ2v) is 5.28. The first-order valence-corrected chi connectivity index (χ1v) is 6.64. The highest BCUT2D eigenvalue weighted by Crippen LogP contribution is 2.23. The summed E-state index contributed by atoms with van der Waals surface area (Å²) in [5.74, 6) is 0.343. The van der Waals surface area contributed by atoms with Crippen LogP contribution in [0, 0.1) is 0 Å². The normalized spacial score (nSPS) is 11.9. The van der Waals surface area contributed by atoms with Crippen LogP contribution in [-0.2, 0) is 6.54 Å². The third-order valence-corrected chi connectivity index (χ3v) is 3.23. The molecule has 0 unspecified atom stereocenters. The van der Waals surface area contributed by atoms with Crippen molar-refractivity contribution in [2.75, 3.05) is 0 Å². The lowest BCUT2D eigenvalue weighted by atomic mass is 9.98. The van der Waals surface area contributed by atoms with E-state index < -0.39 is 18.3 Å². The molecular formula is C16H16F3NO. The van der Waals surface area contributed by atoms with Gasteiger partial charge in [-0.05, 0) is 28.7 Å². The van der Waals surface area contributed by atoms with Crippen LogP contribution in [0.4, 0.5) is 13.2 Å². The van der Waals surface area contributed by atoms with E-state index in [4.69, 9.17) is 0 Å². The Morgan fingerprint density at radius 2 is 1.76 bits per heavy atom. The van der Waals surface area contributed by atoms with Gasteiger partial charge in [0, 0.05) is 12.3 Å². The van der Waals surface area contributed by atoms with Crippen molar-refractivity contribution in [2.45, 2.75) is 32.5 Å². The Morgan fingerprint density at radius 3 is 2.33 bits per heavy atom. The van der Waals surface area contributed by atoms with Crippen molar-refractivity contribution < 1.29 is 13.2 Å². The van der Waals surface area contributed by atoms with Crippen LogP contribution in [0.15, 0.2) is 47.4 Å². The van der Waals surface area contributed by atoms with Crippen molar-refractivity contribution >= 4 is 0 Å². The summed E-state index contributed by atoms with van der Waals surface area (Å²) in [5.41, 5.74) is 1.92. The zero-order chi connectivity index (χ0) is 15.6. The smallest absolute Gasteiger partial charge is 0.306 e. The minimum atomic E-state index is -4.40. The van der Waals surface area contributed by atoms with Gasteiger partial charge in [0.05, 0.1) is 0 Å². The second kappa shape index (κ2) is 5.76. The van der Waals surface area contributed by atoms with Gasteiger partial charge in [-0.2, -0.15) is 13.2 Å². The Hall–Kier alpha value is -2.04. The molecule has 2 nitrogen and oxygen atoms in total. The number of hydrogen-bond donors (Lipinski definition) is 0. The predicted molar refractivity (Wildman–Crippen MR) is 76.3 cm³/mol. The van der Waals surface area contributed by atoms with Crippen molar-refractivity contribution in [2.24, 2.45) is 0 Å². The first kappa shape index (κ1) is 15.4. The van der Waals surface area contributed by atoms with Crippen molar-refractivity contribution in [3.63, 3.8) is 0 Å². The van der Waals surface area contributed by atoms with Crippen LogP contribution in [-0.4, -0.2) is 10.7 Å². The van der Waals surface area contributed by atoms with Gasteiger partial charge in [0.1, 0.15) is 6.54 Å². The van der Waals surface area contributed by atoms with Gasteiger partial charge in [0.2, 0.25) is 0 Å². The molecule has 1 aromatic heterocycles. The molecule has 0 radical (unpaired) electrons. The summed E-state index contributed by atoms with van der Waals surface area (Å²) >= 11 is 0. The van der Waals surface area contributed by atoms with Crippen LogP contribution in [0.2, 0.25) is 0 Å². The number of hydrogen-bond acceptors (Lipinski definition) is 1. The fraction of sp³-hybridized carbons (Fsp3) is 0.312. The molecular weight excluding hydrogens is 279 g/mol. The maximum absolute atomic E-state index is 12.3. The van der Waals surface area contributed by atoms with Gasteiger partial charge < -0.3 is 4.57 Å². The number of rotatable bonds is 3. The molecule has 2 rings (SSSR count). The van der Waals surface area contributed by atoms with Crippen LogP contribution in [0.25, 0.3) is 11.1 Å². The third kappa shape index (κ3) is 3.97. The molecule has 0 saturated carbocycles. The molecule has 0 aliphatic heterocycles. The highest BCUT2D eigenvalue weighted by Gasteiger charge is 2.28. The van der Waals surface area contributed by atoms with Crippen LogP contribution < -0.4 is 5.56 Å². The Bertz CT molecular complexity index is 686. The molecule has 5 heteroatoms. The lowest BCUT2D eigenvalue weighted by Crippen LogP contribution is -2.27. The zero-order valence-corrected chi connectivity index (χ0v) is 11.8. The van der Waals surface area contributed by atoms with Crippen LogP contribution in [0.5, 0.6) is 0 Å². The Balaban J connectivity index is 2.36. The molecule has 1 aromatic carbocycles. The quantitative estimate of drug-likeness (QED) is 0.831. The minimum absolute atomic E-state index is 0.343. The maximum Gasteiger partial charge on any atom is 0.406 e. The van der Waals surface area contributed by atoms with Crippen LogP contribution >= 0.6 is 0 Å². The molecule has 0 fully saturated rings. The SMILES string of the molecule is CC(C)c1cccc(-c2ccn(CC(F)(F)F)c(=O)c2)c1. The van der Waals surface area contributed by atoms with E-state index in [0.717, 1.165) is 11.1 Å². The largest absolute Gasteiger partial charge is 0.406 e. The standard InChI is InChI=1S/C16H16F3NO/c1-11(2)12-4-3-5-13(8-12)14-6-7-20(15(21)9-14)10-16(17,18)19/h3-9,11H,10H2,1-2H3. The summed E-state index contributed by atoms with van der Waals surface area (Å²) in [6.45, 7) is 2.85. The number of halogens is 3. The first-order chi connectivity index (χ1) is 9.76. The molecule has 0 aliphatic rings. The molecule has 0 atom stereocenters. The van der Waals surface area contributed by atoms with E-state index in [2.05, 4.69) is 13.8 Å². The lowest BCUT2D eigenvalue weighted by molar-refractivity contribution is -0.141. The Kier molecular flexibility index (Phi) is 4.21. The number of alkyl halides is 3. The average molecular weight is 295 g/mol. The number of nitrogens with zero attached hydrogens (tertiary/aromatic N) is 1. The van der Waals surface area contributed by atoms with Crippen LogP contribution in [0.1, 0.15) is 25.3 Å². The summed E-state index contributed by atoms with van der Waals surface area (Å²) in [4.78, 5) is 11.8. The fourth-order valence-electron chi connectivity index (χ4n) is 2.09. The predicted octanol–water partition coefficient (Wildman–Crippen LogP) is 4.20. The van der Waals surface area contributed by atoms with Gasteiger partial charge in [-0.15, -0.1) is 0 Å². The van der Waals surface area contributed by atoms with Gasteiger partial charge in [0.15, 0.2) is 0 Å². The summed E-state index contributed by atoms with van der Waals surface area (Å²) in [6.07, 6.45) is -3.21. The highest BCUT2D eigenvalue weighted by molar-refractivity contribution is 5.63. The van der Waals surface area contributed by atoms with E-state index in [9.17, 15) is 18.0 Å². The van der Waals surface area contributed by atoms with Crippen molar-refractivity contribution in [1.29, 1.82) is 0 Å². The lowest BCUT2D eigenvalue weighted by Gasteiger charge is -2.11. The molecule has 0 spiro atoms. The molecule has 0 bridgehead atoms. The van der Waals surface area contributed by atoms with Gasteiger partial charge >= 0.3 is 6.18 Å². The maximum atomic E-state index is 12.3. The highest BCUT2D eigenvalue weighted by atomic mass is 19.4. The average Bonchev–Trinajstić information content (AvgIpc) is 2.40. The Morgan fingerprint density at radius 1 is 1.10 bits per heavy atom. The summed E-state index contributed by atoms with van der Waals surface area (Å²) < 4.78 is 37.6. The molecule has 21 heavy (non-hydrogen) atoms. The van der Waals surface area contributed by atoms with E-state index in [0.29, 0.717) is 16.0 Å². The van der Waals surface area contributed by atoms with Gasteiger partial charge in [-0.1, -0.05) is 38.1 Å². The molecule has 0 saturated heterocycles. The van der Waals surface area contributed by atoms with Gasteiger partial charge in [0.25, 0.3) is 5.56 Å². The number of benzene rings is 1. The molecule has 0 amide bonds. The molecule has 0 aliphatic carbocycles. The summed E-state index contributed by atoms with van der Waals surface area (Å²) in [6, 6.07) is 10.4. The molecule has 112 valence electrons. The minimum Gasteiger partial charge on any atom is -0.306 e. The van der Waals surface area contributed by atoms with Crippen molar-refractivity contribution in [1.82, 2.24) is 4.57 Å². The van der Waals surface area contributed by atoms with E-state index in [1.54, 1.807) is 0 Å². The molecule has 1 heterocycles. The van der Waals surface area contributed by atoms with Gasteiger partial charge in [-0.3, -0.25) is 4.79 Å².